The number of benzene rings is 7. The second-order valence-electron chi connectivity index (χ2n) is 13.1. The topological polar surface area (TPSA) is 48.8 Å². The molecule has 238 valence electrons. The van der Waals surface area contributed by atoms with Crippen molar-refractivity contribution in [2.45, 2.75) is 0 Å². The van der Waals surface area contributed by atoms with E-state index >= 15 is 0 Å². The highest BCUT2D eigenvalue weighted by atomic mass is 16.3. The van der Waals surface area contributed by atoms with Gasteiger partial charge in [0, 0.05) is 43.9 Å². The van der Waals surface area contributed by atoms with Crippen LogP contribution in [0.3, 0.4) is 0 Å². The first-order valence-corrected chi connectivity index (χ1v) is 17.2. The molecule has 0 spiro atoms. The predicted octanol–water partition coefficient (Wildman–Crippen LogP) is 11.9. The van der Waals surface area contributed by atoms with Crippen molar-refractivity contribution in [2.75, 3.05) is 0 Å². The average molecular weight is 653 g/mol. The molecule has 0 aliphatic heterocycles. The summed E-state index contributed by atoms with van der Waals surface area (Å²) in [7, 11) is 0. The third kappa shape index (κ3) is 4.22. The van der Waals surface area contributed by atoms with Crippen molar-refractivity contribution in [3.63, 3.8) is 0 Å². The van der Waals surface area contributed by atoms with Crippen LogP contribution in [0.4, 0.5) is 0 Å². The van der Waals surface area contributed by atoms with Crippen LogP contribution in [0.2, 0.25) is 0 Å². The normalized spacial score (nSPS) is 11.9. The lowest BCUT2D eigenvalue weighted by Gasteiger charge is -2.10. The van der Waals surface area contributed by atoms with Crippen LogP contribution in [-0.4, -0.2) is 19.1 Å². The molecule has 11 rings (SSSR count). The van der Waals surface area contributed by atoms with Crippen LogP contribution in [0.1, 0.15) is 0 Å². The Hall–Kier alpha value is -6.98. The lowest BCUT2D eigenvalue weighted by atomic mass is 10.0. The predicted molar refractivity (Wildman–Crippen MR) is 209 cm³/mol. The van der Waals surface area contributed by atoms with Gasteiger partial charge in [0.25, 0.3) is 0 Å². The van der Waals surface area contributed by atoms with Crippen LogP contribution in [0.15, 0.2) is 174 Å². The molecule has 0 saturated carbocycles. The van der Waals surface area contributed by atoms with Gasteiger partial charge >= 0.3 is 0 Å². The fraction of sp³-hybridized carbons (Fsp3) is 0. The van der Waals surface area contributed by atoms with Gasteiger partial charge in [-0.3, -0.25) is 0 Å². The number of para-hydroxylation sites is 3. The van der Waals surface area contributed by atoms with Crippen LogP contribution in [0, 0.1) is 0 Å². The third-order valence-corrected chi connectivity index (χ3v) is 10.2. The van der Waals surface area contributed by atoms with Gasteiger partial charge in [-0.25, -0.2) is 9.97 Å². The van der Waals surface area contributed by atoms with Crippen molar-refractivity contribution >= 4 is 65.7 Å². The minimum absolute atomic E-state index is 0.656. The fourth-order valence-electron chi connectivity index (χ4n) is 7.87. The van der Waals surface area contributed by atoms with E-state index in [-0.39, 0.29) is 0 Å². The quantitative estimate of drug-likeness (QED) is 0.190. The molecule has 4 aromatic heterocycles. The van der Waals surface area contributed by atoms with Gasteiger partial charge in [0.2, 0.25) is 0 Å². The number of furan rings is 1. The van der Waals surface area contributed by atoms with Crippen molar-refractivity contribution < 1.29 is 4.42 Å². The van der Waals surface area contributed by atoms with E-state index in [2.05, 4.69) is 167 Å². The summed E-state index contributed by atoms with van der Waals surface area (Å²) >= 11 is 0. The largest absolute Gasteiger partial charge is 0.453 e. The molecular formula is C46H28N4O. The highest BCUT2D eigenvalue weighted by Gasteiger charge is 2.18. The molecule has 4 heterocycles. The monoisotopic (exact) mass is 652 g/mol. The van der Waals surface area contributed by atoms with Crippen molar-refractivity contribution in [1.29, 1.82) is 0 Å². The van der Waals surface area contributed by atoms with Crippen molar-refractivity contribution in [3.8, 4) is 33.9 Å². The van der Waals surface area contributed by atoms with E-state index in [1.165, 1.54) is 43.7 Å². The van der Waals surface area contributed by atoms with Crippen molar-refractivity contribution in [2.24, 2.45) is 0 Å². The van der Waals surface area contributed by atoms with E-state index in [0.29, 0.717) is 11.4 Å². The van der Waals surface area contributed by atoms with E-state index < -0.39 is 0 Å². The Morgan fingerprint density at radius 3 is 1.73 bits per heavy atom. The molecule has 5 heteroatoms. The first kappa shape index (κ1) is 27.9. The summed E-state index contributed by atoms with van der Waals surface area (Å²) < 4.78 is 11.0. The molecular weight excluding hydrogens is 625 g/mol. The van der Waals surface area contributed by atoms with Gasteiger partial charge in [0.05, 0.1) is 28.3 Å². The lowest BCUT2D eigenvalue weighted by Crippen LogP contribution is -1.95. The Bertz CT molecular complexity index is 3090. The van der Waals surface area contributed by atoms with E-state index in [1.54, 1.807) is 6.20 Å². The molecule has 0 radical (unpaired) electrons. The third-order valence-electron chi connectivity index (χ3n) is 10.2. The Kier molecular flexibility index (Phi) is 5.89. The Balaban J connectivity index is 1.06. The summed E-state index contributed by atoms with van der Waals surface area (Å²) in [6, 6.07) is 57.9. The minimum atomic E-state index is 0.656. The Morgan fingerprint density at radius 2 is 1.00 bits per heavy atom. The van der Waals surface area contributed by atoms with E-state index in [4.69, 9.17) is 14.4 Å². The number of nitrogens with zero attached hydrogens (tertiary/aromatic N) is 4. The molecule has 7 aromatic carbocycles. The molecule has 51 heavy (non-hydrogen) atoms. The van der Waals surface area contributed by atoms with Crippen molar-refractivity contribution in [3.05, 3.63) is 170 Å². The maximum absolute atomic E-state index is 6.30. The van der Waals surface area contributed by atoms with Crippen LogP contribution >= 0.6 is 0 Å². The molecule has 0 unspecified atom stereocenters. The zero-order valence-electron chi connectivity index (χ0n) is 27.4. The number of hydrogen-bond donors (Lipinski definition) is 0. The molecule has 0 amide bonds. The van der Waals surface area contributed by atoms with E-state index in [0.717, 1.165) is 44.5 Å². The van der Waals surface area contributed by atoms with Crippen LogP contribution in [0.5, 0.6) is 0 Å². The summed E-state index contributed by atoms with van der Waals surface area (Å²) in [6.07, 6.45) is 1.80. The van der Waals surface area contributed by atoms with Crippen LogP contribution in [-0.2, 0) is 0 Å². The second kappa shape index (κ2) is 10.8. The van der Waals surface area contributed by atoms with Crippen LogP contribution < -0.4 is 0 Å². The molecule has 0 bridgehead atoms. The second-order valence-corrected chi connectivity index (χ2v) is 13.1. The van der Waals surface area contributed by atoms with Gasteiger partial charge in [0.15, 0.2) is 11.4 Å². The van der Waals surface area contributed by atoms with Gasteiger partial charge in [-0.05, 0) is 71.8 Å². The number of fused-ring (bicyclic) bond motifs is 9. The summed E-state index contributed by atoms with van der Waals surface area (Å²) in [5, 5.41) is 5.86. The molecule has 0 aliphatic carbocycles. The Labute approximate surface area is 292 Å². The Morgan fingerprint density at radius 1 is 0.392 bits per heavy atom. The van der Waals surface area contributed by atoms with Gasteiger partial charge in [0.1, 0.15) is 11.1 Å². The highest BCUT2D eigenvalue weighted by molar-refractivity contribution is 6.12. The van der Waals surface area contributed by atoms with E-state index in [9.17, 15) is 0 Å². The summed E-state index contributed by atoms with van der Waals surface area (Å²) in [4.78, 5) is 9.94. The molecule has 0 saturated heterocycles. The smallest absolute Gasteiger partial charge is 0.172 e. The first-order chi connectivity index (χ1) is 25.3. The SMILES string of the molecule is c1ccc(-c2ccc3c(c2)c2ccccc2n3-c2ccc3oc4cnc(-c5cccc(-n6c7ccccc7c7ccccc76)c5)nc4c3c2)cc1. The summed E-state index contributed by atoms with van der Waals surface area (Å²) in [5.74, 6) is 0.656. The molecule has 0 N–H and O–H groups in total. The number of hydrogen-bond acceptors (Lipinski definition) is 3. The van der Waals surface area contributed by atoms with E-state index in [1.807, 2.05) is 6.07 Å². The van der Waals surface area contributed by atoms with Crippen LogP contribution in [0.25, 0.3) is 99.6 Å². The number of aromatic nitrogens is 4. The zero-order chi connectivity index (χ0) is 33.5. The van der Waals surface area contributed by atoms with Gasteiger partial charge in [-0.1, -0.05) is 103 Å². The zero-order valence-corrected chi connectivity index (χ0v) is 27.4. The highest BCUT2D eigenvalue weighted by Crippen LogP contribution is 2.38. The minimum Gasteiger partial charge on any atom is -0.453 e. The van der Waals surface area contributed by atoms with Gasteiger partial charge < -0.3 is 13.6 Å². The van der Waals surface area contributed by atoms with Gasteiger partial charge in [-0.15, -0.1) is 0 Å². The molecule has 5 nitrogen and oxygen atoms in total. The summed E-state index contributed by atoms with van der Waals surface area (Å²) in [6.45, 7) is 0. The maximum Gasteiger partial charge on any atom is 0.172 e. The average Bonchev–Trinajstić information content (AvgIpc) is 3.85. The molecule has 11 aromatic rings. The standard InChI is InChI=1S/C46H28N4O/c1-2-11-29(12-3-1)30-21-23-42-37(26-30)36-17-6-9-20-41(36)50(42)33-22-24-43-38(27-33)45-44(51-43)28-47-46(48-45)31-13-10-14-32(25-31)49-39-18-7-4-15-34(39)35-16-5-8-19-40(35)49/h1-28H. The fourth-order valence-corrected chi connectivity index (χ4v) is 7.87. The molecule has 0 fully saturated rings. The molecule has 0 atom stereocenters. The van der Waals surface area contributed by atoms with Gasteiger partial charge in [-0.2, -0.15) is 0 Å². The lowest BCUT2D eigenvalue weighted by molar-refractivity contribution is 0.666. The first-order valence-electron chi connectivity index (χ1n) is 17.2. The summed E-state index contributed by atoms with van der Waals surface area (Å²) in [5.41, 5.74) is 12.4. The van der Waals surface area contributed by atoms with Crippen molar-refractivity contribution in [1.82, 2.24) is 19.1 Å². The molecule has 0 aliphatic rings. The maximum atomic E-state index is 6.30. The number of rotatable bonds is 4.